The van der Waals surface area contributed by atoms with Crippen molar-refractivity contribution in [2.24, 2.45) is 5.92 Å². The van der Waals surface area contributed by atoms with Crippen LogP contribution in [0.5, 0.6) is 5.75 Å². The Morgan fingerprint density at radius 2 is 2.07 bits per heavy atom. The fourth-order valence-electron chi connectivity index (χ4n) is 3.15. The number of aromatic nitrogens is 3. The van der Waals surface area contributed by atoms with Gasteiger partial charge in [0, 0.05) is 7.11 Å². The number of fused-ring (bicyclic) bond motifs is 1. The number of anilines is 1. The number of nitrogens with one attached hydrogen (secondary N) is 1. The molecular weight excluding hydrogens is 378 g/mol. The molecule has 152 valence electrons. The molecule has 0 spiro atoms. The predicted molar refractivity (Wildman–Crippen MR) is 91.8 cm³/mol. The number of methoxy groups -OCH3 is 1. The molecule has 28 heavy (non-hydrogen) atoms. The molecule has 0 saturated heterocycles. The summed E-state index contributed by atoms with van der Waals surface area (Å²) in [5.74, 6) is -1.55. The SMILES string of the molecule is COCCOC(=O)[C@@H]1[C@H](c2ccc(OC(F)F)cc2)n2ncnc2N[C@@]1(C)O. The van der Waals surface area contributed by atoms with E-state index in [-0.39, 0.29) is 24.9 Å². The van der Waals surface area contributed by atoms with Gasteiger partial charge >= 0.3 is 12.6 Å². The first-order valence-corrected chi connectivity index (χ1v) is 8.44. The normalized spacial score (nSPS) is 23.8. The number of aliphatic hydroxyl groups is 1. The van der Waals surface area contributed by atoms with Gasteiger partial charge in [-0.2, -0.15) is 18.9 Å². The zero-order chi connectivity index (χ0) is 20.3. The van der Waals surface area contributed by atoms with Gasteiger partial charge in [0.05, 0.1) is 12.6 Å². The predicted octanol–water partition coefficient (Wildman–Crippen LogP) is 1.41. The van der Waals surface area contributed by atoms with Crippen molar-refractivity contribution in [2.75, 3.05) is 25.6 Å². The number of hydrogen-bond donors (Lipinski definition) is 2. The molecule has 3 atom stereocenters. The van der Waals surface area contributed by atoms with Gasteiger partial charge in [0.15, 0.2) is 5.72 Å². The van der Waals surface area contributed by atoms with E-state index >= 15 is 0 Å². The second kappa shape index (κ2) is 8.07. The average molecular weight is 398 g/mol. The minimum atomic E-state index is -2.95. The zero-order valence-corrected chi connectivity index (χ0v) is 15.2. The number of esters is 1. The topological polar surface area (TPSA) is 108 Å². The Balaban J connectivity index is 1.97. The molecule has 2 N–H and O–H groups in total. The summed E-state index contributed by atoms with van der Waals surface area (Å²) in [5, 5.41) is 17.8. The lowest BCUT2D eigenvalue weighted by Gasteiger charge is -2.41. The Hall–Kier alpha value is -2.79. The van der Waals surface area contributed by atoms with Crippen LogP contribution in [0.1, 0.15) is 18.5 Å². The highest BCUT2D eigenvalue weighted by Gasteiger charge is 2.50. The molecule has 0 amide bonds. The molecule has 0 aliphatic carbocycles. The van der Waals surface area contributed by atoms with E-state index in [1.54, 1.807) is 0 Å². The quantitative estimate of drug-likeness (QED) is 0.533. The van der Waals surface area contributed by atoms with Gasteiger partial charge in [-0.3, -0.25) is 4.79 Å². The van der Waals surface area contributed by atoms with E-state index in [0.29, 0.717) is 5.56 Å². The van der Waals surface area contributed by atoms with Crippen molar-refractivity contribution in [1.82, 2.24) is 14.8 Å². The highest BCUT2D eigenvalue weighted by molar-refractivity contribution is 5.76. The third-order valence-corrected chi connectivity index (χ3v) is 4.36. The number of alkyl halides is 2. The van der Waals surface area contributed by atoms with Gasteiger partial charge in [0.25, 0.3) is 0 Å². The summed E-state index contributed by atoms with van der Waals surface area (Å²) in [4.78, 5) is 16.8. The monoisotopic (exact) mass is 398 g/mol. The smallest absolute Gasteiger partial charge is 0.387 e. The Labute approximate surface area is 159 Å². The highest BCUT2D eigenvalue weighted by atomic mass is 19.3. The summed E-state index contributed by atoms with van der Waals surface area (Å²) in [6, 6.07) is 4.95. The van der Waals surface area contributed by atoms with E-state index in [4.69, 9.17) is 9.47 Å². The van der Waals surface area contributed by atoms with E-state index in [1.165, 1.54) is 49.3 Å². The molecule has 1 aliphatic rings. The van der Waals surface area contributed by atoms with Crippen LogP contribution in [0.15, 0.2) is 30.6 Å². The van der Waals surface area contributed by atoms with E-state index in [0.717, 1.165) is 0 Å². The third kappa shape index (κ3) is 4.04. The lowest BCUT2D eigenvalue weighted by molar-refractivity contribution is -0.160. The van der Waals surface area contributed by atoms with Crippen LogP contribution in [-0.2, 0) is 14.3 Å². The summed E-state index contributed by atoms with van der Waals surface area (Å²) in [7, 11) is 1.47. The lowest BCUT2D eigenvalue weighted by atomic mass is 9.83. The van der Waals surface area contributed by atoms with Crippen LogP contribution in [0.25, 0.3) is 0 Å². The van der Waals surface area contributed by atoms with Crippen molar-refractivity contribution < 1.29 is 32.9 Å². The van der Waals surface area contributed by atoms with Gasteiger partial charge in [0.2, 0.25) is 5.95 Å². The number of rotatable bonds is 7. The number of benzene rings is 1. The first-order valence-electron chi connectivity index (χ1n) is 8.44. The average Bonchev–Trinajstić information content (AvgIpc) is 3.07. The maximum Gasteiger partial charge on any atom is 0.387 e. The number of ether oxygens (including phenoxy) is 3. The van der Waals surface area contributed by atoms with E-state index in [2.05, 4.69) is 20.1 Å². The Morgan fingerprint density at radius 1 is 1.36 bits per heavy atom. The van der Waals surface area contributed by atoms with E-state index in [1.807, 2.05) is 0 Å². The van der Waals surface area contributed by atoms with Crippen molar-refractivity contribution >= 4 is 11.9 Å². The molecule has 1 aliphatic heterocycles. The fraction of sp³-hybridized carbons (Fsp3) is 0.471. The molecule has 0 bridgehead atoms. The van der Waals surface area contributed by atoms with Crippen molar-refractivity contribution in [3.8, 4) is 5.75 Å². The summed E-state index contributed by atoms with van der Waals surface area (Å²) in [6.07, 6.45) is 1.28. The fourth-order valence-corrected chi connectivity index (χ4v) is 3.15. The maximum absolute atomic E-state index is 12.8. The number of nitrogens with zero attached hydrogens (tertiary/aromatic N) is 3. The molecule has 2 heterocycles. The zero-order valence-electron chi connectivity index (χ0n) is 15.2. The largest absolute Gasteiger partial charge is 0.463 e. The summed E-state index contributed by atoms with van der Waals surface area (Å²) < 4.78 is 40.7. The number of halogens is 2. The molecule has 1 aromatic carbocycles. The second-order valence-corrected chi connectivity index (χ2v) is 6.33. The Morgan fingerprint density at radius 3 is 2.71 bits per heavy atom. The molecule has 11 heteroatoms. The standard InChI is InChI=1S/C17H20F2N4O5/c1-17(25)12(14(24)27-8-7-26-2)13(23-16(22-17)20-9-21-23)10-3-5-11(6-4-10)28-15(18)19/h3-6,9,12-13,15,25H,7-8H2,1-2H3,(H,20,21,22)/t12-,13-,17-/m0/s1. The maximum atomic E-state index is 12.8. The second-order valence-electron chi connectivity index (χ2n) is 6.33. The number of carbonyl (C=O) groups is 1. The van der Waals surface area contributed by atoms with Crippen LogP contribution >= 0.6 is 0 Å². The van der Waals surface area contributed by atoms with Crippen molar-refractivity contribution in [3.05, 3.63) is 36.2 Å². The van der Waals surface area contributed by atoms with Gasteiger partial charge in [-0.1, -0.05) is 12.1 Å². The van der Waals surface area contributed by atoms with Crippen LogP contribution in [-0.4, -0.2) is 58.5 Å². The van der Waals surface area contributed by atoms with E-state index < -0.39 is 30.3 Å². The summed E-state index contributed by atoms with van der Waals surface area (Å²) in [5.41, 5.74) is -1.17. The molecule has 0 unspecified atom stereocenters. The van der Waals surface area contributed by atoms with Gasteiger partial charge in [0.1, 0.15) is 24.6 Å². The first-order chi connectivity index (χ1) is 13.3. The molecular formula is C17H20F2N4O5. The van der Waals surface area contributed by atoms with Gasteiger partial charge < -0.3 is 24.6 Å². The molecule has 2 aromatic rings. The van der Waals surface area contributed by atoms with Gasteiger partial charge in [-0.25, -0.2) is 4.68 Å². The summed E-state index contributed by atoms with van der Waals surface area (Å²) in [6.45, 7) is -1.31. The molecule has 3 rings (SSSR count). The Kier molecular flexibility index (Phi) is 5.75. The number of hydrogen-bond acceptors (Lipinski definition) is 8. The molecule has 1 aromatic heterocycles. The summed E-state index contributed by atoms with van der Waals surface area (Å²) >= 11 is 0. The lowest BCUT2D eigenvalue weighted by Crippen LogP contribution is -2.55. The molecule has 0 radical (unpaired) electrons. The van der Waals surface area contributed by atoms with E-state index in [9.17, 15) is 18.7 Å². The number of carbonyl (C=O) groups excluding carboxylic acids is 1. The van der Waals surface area contributed by atoms with Crippen molar-refractivity contribution in [3.63, 3.8) is 0 Å². The molecule has 9 nitrogen and oxygen atoms in total. The van der Waals surface area contributed by atoms with Crippen LogP contribution in [0.4, 0.5) is 14.7 Å². The van der Waals surface area contributed by atoms with Crippen molar-refractivity contribution in [1.29, 1.82) is 0 Å². The first kappa shape index (κ1) is 20.0. The van der Waals surface area contributed by atoms with Gasteiger partial charge in [-0.15, -0.1) is 0 Å². The minimum absolute atomic E-state index is 0.0139. The van der Waals surface area contributed by atoms with Crippen LogP contribution < -0.4 is 10.1 Å². The highest BCUT2D eigenvalue weighted by Crippen LogP contribution is 2.41. The molecule has 0 fully saturated rings. The van der Waals surface area contributed by atoms with Crippen molar-refractivity contribution in [2.45, 2.75) is 25.3 Å². The Bertz CT molecular complexity index is 812. The van der Waals surface area contributed by atoms with Crippen LogP contribution in [0, 0.1) is 5.92 Å². The van der Waals surface area contributed by atoms with Crippen LogP contribution in [0.2, 0.25) is 0 Å². The minimum Gasteiger partial charge on any atom is -0.463 e. The van der Waals surface area contributed by atoms with Gasteiger partial charge in [-0.05, 0) is 24.6 Å². The van der Waals surface area contributed by atoms with Crippen LogP contribution in [0.3, 0.4) is 0 Å². The third-order valence-electron chi connectivity index (χ3n) is 4.36. The molecule has 0 saturated carbocycles.